The molecule has 3 atom stereocenters. The van der Waals surface area contributed by atoms with Gasteiger partial charge in [0.15, 0.2) is 0 Å². The zero-order valence-electron chi connectivity index (χ0n) is 18.3. The number of carboxylic acids is 1. The van der Waals surface area contributed by atoms with Crippen molar-refractivity contribution in [1.82, 2.24) is 19.2 Å². The Hall–Kier alpha value is -2.95. The summed E-state index contributed by atoms with van der Waals surface area (Å²) in [6.07, 6.45) is 0. The Morgan fingerprint density at radius 3 is 2.15 bits per heavy atom. The molecule has 2 amide bonds. The molecule has 9 nitrogen and oxygen atoms in total. The average Bonchev–Trinajstić information content (AvgIpc) is 3.42. The number of rotatable bonds is 7. The van der Waals surface area contributed by atoms with Crippen molar-refractivity contribution in [3.8, 4) is 0 Å². The van der Waals surface area contributed by atoms with Crippen LogP contribution in [0.3, 0.4) is 0 Å². The Morgan fingerprint density at radius 1 is 1.00 bits per heavy atom. The molecule has 0 bridgehead atoms. The molecule has 1 aliphatic carbocycles. The lowest BCUT2D eigenvalue weighted by Crippen LogP contribution is -2.58. The lowest BCUT2D eigenvalue weighted by molar-refractivity contribution is -0.140. The van der Waals surface area contributed by atoms with E-state index >= 15 is 0 Å². The minimum atomic E-state index is -4.06. The molecule has 0 unspecified atom stereocenters. The van der Waals surface area contributed by atoms with Crippen LogP contribution in [0.15, 0.2) is 60.7 Å². The first-order chi connectivity index (χ1) is 15.8. The fourth-order valence-electron chi connectivity index (χ4n) is 4.60. The van der Waals surface area contributed by atoms with Crippen LogP contribution in [0.25, 0.3) is 0 Å². The van der Waals surface area contributed by atoms with Crippen molar-refractivity contribution < 1.29 is 23.1 Å². The third-order valence-corrected chi connectivity index (χ3v) is 8.20. The number of carbonyl (C=O) groups is 2. The molecular weight excluding hydrogens is 444 g/mol. The van der Waals surface area contributed by atoms with Crippen LogP contribution in [-0.4, -0.2) is 66.4 Å². The molecule has 0 radical (unpaired) electrons. The summed E-state index contributed by atoms with van der Waals surface area (Å²) in [7, 11) is -4.06. The Bertz CT molecular complexity index is 1100. The van der Waals surface area contributed by atoms with Gasteiger partial charge in [-0.2, -0.15) is 17.4 Å². The molecule has 33 heavy (non-hydrogen) atoms. The van der Waals surface area contributed by atoms with Gasteiger partial charge in [0.25, 0.3) is 10.2 Å². The second kappa shape index (κ2) is 9.12. The van der Waals surface area contributed by atoms with Crippen LogP contribution in [0, 0.1) is 5.92 Å². The van der Waals surface area contributed by atoms with E-state index in [1.54, 1.807) is 11.8 Å². The number of benzene rings is 2. The number of aliphatic carboxylic acids is 1. The fraction of sp³-hybridized carbons (Fsp3) is 0.391. The molecule has 1 saturated carbocycles. The molecule has 2 aromatic rings. The first kappa shape index (κ1) is 23.2. The summed E-state index contributed by atoms with van der Waals surface area (Å²) in [6.45, 7) is 2.75. The highest BCUT2D eigenvalue weighted by atomic mass is 32.2. The maximum absolute atomic E-state index is 13.1. The number of carboxylic acid groups (broad SMARTS) is 1. The number of nitrogens with zero attached hydrogens (tertiary/aromatic N) is 2. The smallest absolute Gasteiger partial charge is 0.325 e. The molecule has 2 aliphatic rings. The number of nitrogens with one attached hydrogen (secondary N) is 2. The summed E-state index contributed by atoms with van der Waals surface area (Å²) in [4.78, 5) is 26.2. The number of hydrogen-bond acceptors (Lipinski definition) is 4. The Morgan fingerprint density at radius 2 is 1.58 bits per heavy atom. The highest BCUT2D eigenvalue weighted by molar-refractivity contribution is 7.87. The zero-order chi connectivity index (χ0) is 23.6. The van der Waals surface area contributed by atoms with Gasteiger partial charge in [-0.05, 0) is 17.0 Å². The highest BCUT2D eigenvalue weighted by Gasteiger charge is 2.70. The van der Waals surface area contributed by atoms with E-state index in [9.17, 15) is 23.1 Å². The number of urea groups is 1. The van der Waals surface area contributed by atoms with Gasteiger partial charge in [0.1, 0.15) is 5.54 Å². The van der Waals surface area contributed by atoms with Gasteiger partial charge in [-0.25, -0.2) is 4.79 Å². The summed E-state index contributed by atoms with van der Waals surface area (Å²) in [5, 5.41) is 12.8. The van der Waals surface area contributed by atoms with Gasteiger partial charge in [0.05, 0.1) is 0 Å². The molecule has 2 fully saturated rings. The second-order valence-electron chi connectivity index (χ2n) is 8.49. The van der Waals surface area contributed by atoms with Gasteiger partial charge in [-0.1, -0.05) is 67.6 Å². The molecule has 0 aromatic heterocycles. The Kier molecular flexibility index (Phi) is 6.42. The summed E-state index contributed by atoms with van der Waals surface area (Å²) < 4.78 is 29.9. The van der Waals surface area contributed by atoms with E-state index in [0.29, 0.717) is 6.54 Å². The first-order valence-corrected chi connectivity index (χ1v) is 12.3. The maximum atomic E-state index is 13.1. The number of hydrogen-bond donors (Lipinski definition) is 3. The van der Waals surface area contributed by atoms with Crippen LogP contribution in [0.2, 0.25) is 0 Å². The van der Waals surface area contributed by atoms with E-state index in [2.05, 4.69) is 10.0 Å². The summed E-state index contributed by atoms with van der Waals surface area (Å²) in [6, 6.07) is 18.3. The summed E-state index contributed by atoms with van der Waals surface area (Å²) in [5.41, 5.74) is 0.182. The minimum Gasteiger partial charge on any atom is -0.480 e. The predicted molar refractivity (Wildman–Crippen MR) is 123 cm³/mol. The molecule has 2 aromatic carbocycles. The normalized spacial score (nSPS) is 25.4. The van der Waals surface area contributed by atoms with Crippen LogP contribution in [-0.2, 0) is 21.5 Å². The van der Waals surface area contributed by atoms with E-state index in [1.165, 1.54) is 4.31 Å². The van der Waals surface area contributed by atoms with Crippen LogP contribution in [0.5, 0.6) is 0 Å². The topological polar surface area (TPSA) is 119 Å². The fourth-order valence-corrected chi connectivity index (χ4v) is 6.20. The number of piperazine rings is 1. The van der Waals surface area contributed by atoms with Gasteiger partial charge in [-0.15, -0.1) is 0 Å². The van der Waals surface area contributed by atoms with Gasteiger partial charge in [0.2, 0.25) is 0 Å². The SMILES string of the molecule is C[C@@H]1[C@H](c2ccccc2)[C@]1(NS(=O)(=O)N1CCN(C(=O)NCc2ccccc2)CC1)C(=O)O. The number of amides is 2. The van der Waals surface area contributed by atoms with Gasteiger partial charge in [0, 0.05) is 38.6 Å². The van der Waals surface area contributed by atoms with E-state index < -0.39 is 33.6 Å². The largest absolute Gasteiger partial charge is 0.480 e. The molecule has 1 saturated heterocycles. The Balaban J connectivity index is 1.37. The zero-order valence-corrected chi connectivity index (χ0v) is 19.2. The Labute approximate surface area is 193 Å². The number of carbonyl (C=O) groups excluding carboxylic acids is 1. The van der Waals surface area contributed by atoms with Crippen molar-refractivity contribution >= 4 is 22.2 Å². The quantitative estimate of drug-likeness (QED) is 0.566. The van der Waals surface area contributed by atoms with Crippen molar-refractivity contribution in [2.24, 2.45) is 5.92 Å². The molecule has 3 N–H and O–H groups in total. The van der Waals surface area contributed by atoms with Crippen molar-refractivity contribution in [3.05, 3.63) is 71.8 Å². The van der Waals surface area contributed by atoms with Crippen LogP contribution in [0.1, 0.15) is 24.0 Å². The van der Waals surface area contributed by atoms with E-state index in [0.717, 1.165) is 11.1 Å². The molecule has 176 valence electrons. The van der Waals surface area contributed by atoms with Crippen molar-refractivity contribution in [1.29, 1.82) is 0 Å². The molecular formula is C23H28N4O5S. The maximum Gasteiger partial charge on any atom is 0.325 e. The van der Waals surface area contributed by atoms with Gasteiger partial charge < -0.3 is 15.3 Å². The molecule has 10 heteroatoms. The molecule has 4 rings (SSSR count). The molecule has 0 spiro atoms. The van der Waals surface area contributed by atoms with Crippen LogP contribution >= 0.6 is 0 Å². The predicted octanol–water partition coefficient (Wildman–Crippen LogP) is 1.61. The third kappa shape index (κ3) is 4.59. The summed E-state index contributed by atoms with van der Waals surface area (Å²) in [5.74, 6) is -2.03. The standard InChI is InChI=1S/C23H28N4O5S/c1-17-20(19-10-6-3-7-11-19)23(17,21(28)29)25-33(31,32)27-14-12-26(13-15-27)22(30)24-16-18-8-4-2-5-9-18/h2-11,17,20,25H,12-16H2,1H3,(H,24,30)(H,28,29)/t17-,20-,23+/m1/s1. The minimum absolute atomic E-state index is 0.0914. The lowest BCUT2D eigenvalue weighted by Gasteiger charge is -2.34. The van der Waals surface area contributed by atoms with Crippen LogP contribution < -0.4 is 10.0 Å². The lowest BCUT2D eigenvalue weighted by atomic mass is 10.1. The van der Waals surface area contributed by atoms with Crippen molar-refractivity contribution in [2.75, 3.05) is 26.2 Å². The van der Waals surface area contributed by atoms with Gasteiger partial charge in [-0.3, -0.25) is 4.79 Å². The van der Waals surface area contributed by atoms with Crippen molar-refractivity contribution in [3.63, 3.8) is 0 Å². The molecule has 1 aliphatic heterocycles. The van der Waals surface area contributed by atoms with E-state index in [-0.39, 0.29) is 32.2 Å². The van der Waals surface area contributed by atoms with E-state index in [4.69, 9.17) is 0 Å². The third-order valence-electron chi connectivity index (χ3n) is 6.56. The van der Waals surface area contributed by atoms with Gasteiger partial charge >= 0.3 is 12.0 Å². The highest BCUT2D eigenvalue weighted by Crippen LogP contribution is 2.57. The average molecular weight is 473 g/mol. The van der Waals surface area contributed by atoms with Crippen molar-refractivity contribution in [2.45, 2.75) is 24.9 Å². The van der Waals surface area contributed by atoms with Crippen LogP contribution in [0.4, 0.5) is 4.79 Å². The second-order valence-corrected chi connectivity index (χ2v) is 10.2. The first-order valence-electron chi connectivity index (χ1n) is 10.9. The monoisotopic (exact) mass is 472 g/mol. The molecule has 1 heterocycles. The van der Waals surface area contributed by atoms with E-state index in [1.807, 2.05) is 60.7 Å². The summed E-state index contributed by atoms with van der Waals surface area (Å²) >= 11 is 0.